The molecule has 0 bridgehead atoms. The molecule has 1 fully saturated rings. The molecule has 0 radical (unpaired) electrons. The Morgan fingerprint density at radius 2 is 1.43 bits per heavy atom. The van der Waals surface area contributed by atoms with Crippen LogP contribution in [0.5, 0.6) is 17.2 Å². The van der Waals surface area contributed by atoms with Crippen molar-refractivity contribution in [2.24, 2.45) is 0 Å². The third-order valence-electron chi connectivity index (χ3n) is 5.13. The van der Waals surface area contributed by atoms with Crippen molar-refractivity contribution in [1.82, 2.24) is 9.80 Å². The normalized spacial score (nSPS) is 14.4. The molecule has 30 heavy (non-hydrogen) atoms. The molecule has 1 heterocycles. The number of para-hydroxylation sites is 1. The van der Waals surface area contributed by atoms with Crippen molar-refractivity contribution in [3.63, 3.8) is 0 Å². The quantitative estimate of drug-likeness (QED) is 0.533. The van der Waals surface area contributed by atoms with E-state index in [0.29, 0.717) is 11.6 Å². The van der Waals surface area contributed by atoms with E-state index in [0.717, 1.165) is 62.9 Å². The molecule has 1 saturated heterocycles. The molecule has 0 amide bonds. The molecular formula is C22H31Cl3N2O3. The summed E-state index contributed by atoms with van der Waals surface area (Å²) in [5.74, 6) is 2.33. The van der Waals surface area contributed by atoms with E-state index in [1.165, 1.54) is 5.56 Å². The minimum Gasteiger partial charge on any atom is -0.493 e. The van der Waals surface area contributed by atoms with Crippen molar-refractivity contribution in [1.29, 1.82) is 0 Å². The van der Waals surface area contributed by atoms with Crippen molar-refractivity contribution in [3.8, 4) is 17.2 Å². The molecule has 2 aromatic rings. The smallest absolute Gasteiger partial charge is 0.160 e. The second-order valence-corrected chi connectivity index (χ2v) is 7.31. The lowest BCUT2D eigenvalue weighted by Gasteiger charge is -2.34. The number of nitrogens with zero attached hydrogens (tertiary/aromatic N) is 2. The average molecular weight is 478 g/mol. The molecule has 3 rings (SSSR count). The molecule has 168 valence electrons. The van der Waals surface area contributed by atoms with Gasteiger partial charge in [-0.15, -0.1) is 24.8 Å². The minimum atomic E-state index is 0. The van der Waals surface area contributed by atoms with Gasteiger partial charge >= 0.3 is 0 Å². The first kappa shape index (κ1) is 26.7. The zero-order valence-corrected chi connectivity index (χ0v) is 19.9. The van der Waals surface area contributed by atoms with E-state index >= 15 is 0 Å². The lowest BCUT2D eigenvalue weighted by Crippen LogP contribution is -2.47. The van der Waals surface area contributed by atoms with Gasteiger partial charge in [-0.2, -0.15) is 0 Å². The number of halogens is 3. The van der Waals surface area contributed by atoms with Gasteiger partial charge in [-0.25, -0.2) is 0 Å². The monoisotopic (exact) mass is 476 g/mol. The van der Waals surface area contributed by atoms with Crippen molar-refractivity contribution in [2.45, 2.75) is 6.42 Å². The third kappa shape index (κ3) is 7.71. The number of piperazine rings is 1. The molecule has 1 aliphatic rings. The van der Waals surface area contributed by atoms with E-state index in [4.69, 9.17) is 25.8 Å². The van der Waals surface area contributed by atoms with Crippen LogP contribution in [0.25, 0.3) is 0 Å². The van der Waals surface area contributed by atoms with Crippen LogP contribution in [0.3, 0.4) is 0 Å². The summed E-state index contributed by atoms with van der Waals surface area (Å²) in [6, 6.07) is 13.8. The maximum Gasteiger partial charge on any atom is 0.160 e. The van der Waals surface area contributed by atoms with E-state index in [1.54, 1.807) is 14.2 Å². The van der Waals surface area contributed by atoms with E-state index < -0.39 is 0 Å². The second kappa shape index (κ2) is 13.8. The van der Waals surface area contributed by atoms with Gasteiger partial charge in [0.15, 0.2) is 11.5 Å². The zero-order chi connectivity index (χ0) is 19.8. The Kier molecular flexibility index (Phi) is 12.3. The summed E-state index contributed by atoms with van der Waals surface area (Å²) in [5, 5.41) is 0.669. The Labute approximate surface area is 197 Å². The fraction of sp³-hybridized carbons (Fsp3) is 0.455. The van der Waals surface area contributed by atoms with Crippen LogP contribution in [0, 0.1) is 0 Å². The van der Waals surface area contributed by atoms with Gasteiger partial charge in [-0.3, -0.25) is 4.90 Å². The Bertz CT molecular complexity index is 756. The lowest BCUT2D eigenvalue weighted by molar-refractivity contribution is 0.118. The molecule has 0 spiro atoms. The standard InChI is InChI=1S/C22H29ClN2O3.2ClH/c1-26-21-8-7-18(17-22(21)27-2)9-10-24-11-13-25(14-12-24)15-16-28-20-6-4-3-5-19(20)23;;/h3-8,17H,9-16H2,1-2H3;2*1H. The van der Waals surface area contributed by atoms with Crippen LogP contribution < -0.4 is 14.2 Å². The molecule has 0 saturated carbocycles. The highest BCUT2D eigenvalue weighted by Crippen LogP contribution is 2.27. The van der Waals surface area contributed by atoms with Gasteiger partial charge in [0.25, 0.3) is 0 Å². The summed E-state index contributed by atoms with van der Waals surface area (Å²) < 4.78 is 16.5. The molecule has 0 aromatic heterocycles. The van der Waals surface area contributed by atoms with Gasteiger partial charge < -0.3 is 19.1 Å². The molecule has 8 heteroatoms. The second-order valence-electron chi connectivity index (χ2n) is 6.90. The number of methoxy groups -OCH3 is 2. The maximum absolute atomic E-state index is 6.13. The van der Waals surface area contributed by atoms with Crippen molar-refractivity contribution >= 4 is 36.4 Å². The van der Waals surface area contributed by atoms with Crippen LogP contribution in [0.2, 0.25) is 5.02 Å². The molecule has 0 aliphatic carbocycles. The fourth-order valence-corrected chi connectivity index (χ4v) is 3.60. The van der Waals surface area contributed by atoms with E-state index in [9.17, 15) is 0 Å². The Morgan fingerprint density at radius 3 is 2.07 bits per heavy atom. The number of ether oxygens (including phenoxy) is 3. The first-order chi connectivity index (χ1) is 13.7. The lowest BCUT2D eigenvalue weighted by atomic mass is 10.1. The highest BCUT2D eigenvalue weighted by atomic mass is 35.5. The Morgan fingerprint density at radius 1 is 0.800 bits per heavy atom. The molecule has 0 atom stereocenters. The topological polar surface area (TPSA) is 34.2 Å². The first-order valence-corrected chi connectivity index (χ1v) is 10.1. The average Bonchev–Trinajstić information content (AvgIpc) is 2.74. The zero-order valence-electron chi connectivity index (χ0n) is 17.5. The van der Waals surface area contributed by atoms with E-state index in [-0.39, 0.29) is 24.8 Å². The largest absolute Gasteiger partial charge is 0.493 e. The summed E-state index contributed by atoms with van der Waals surface area (Å²) in [5.41, 5.74) is 1.27. The summed E-state index contributed by atoms with van der Waals surface area (Å²) in [6.45, 7) is 6.94. The van der Waals surface area contributed by atoms with Crippen molar-refractivity contribution < 1.29 is 14.2 Å². The number of rotatable bonds is 9. The molecule has 0 N–H and O–H groups in total. The van der Waals surface area contributed by atoms with Gasteiger partial charge in [-0.05, 0) is 36.2 Å². The van der Waals surface area contributed by atoms with Gasteiger partial charge in [-0.1, -0.05) is 29.8 Å². The number of benzene rings is 2. The van der Waals surface area contributed by atoms with Crippen LogP contribution in [0.4, 0.5) is 0 Å². The van der Waals surface area contributed by atoms with Gasteiger partial charge in [0.1, 0.15) is 12.4 Å². The number of hydrogen-bond acceptors (Lipinski definition) is 5. The third-order valence-corrected chi connectivity index (χ3v) is 5.44. The summed E-state index contributed by atoms with van der Waals surface area (Å²) in [4.78, 5) is 4.96. The Balaban J connectivity index is 0.00000225. The number of hydrogen-bond donors (Lipinski definition) is 0. The van der Waals surface area contributed by atoms with Crippen LogP contribution in [0.15, 0.2) is 42.5 Å². The van der Waals surface area contributed by atoms with E-state index in [2.05, 4.69) is 21.9 Å². The van der Waals surface area contributed by atoms with Gasteiger partial charge in [0.05, 0.1) is 19.2 Å². The van der Waals surface area contributed by atoms with Gasteiger partial charge in [0, 0.05) is 39.3 Å². The maximum atomic E-state index is 6.13. The summed E-state index contributed by atoms with van der Waals surface area (Å²) in [6.07, 6.45) is 1.01. The highest BCUT2D eigenvalue weighted by molar-refractivity contribution is 6.32. The predicted molar refractivity (Wildman–Crippen MR) is 128 cm³/mol. The molecule has 1 aliphatic heterocycles. The molecule has 0 unspecified atom stereocenters. The first-order valence-electron chi connectivity index (χ1n) is 9.72. The summed E-state index contributed by atoms with van der Waals surface area (Å²) in [7, 11) is 3.34. The van der Waals surface area contributed by atoms with Crippen LogP contribution in [-0.4, -0.2) is 69.9 Å². The van der Waals surface area contributed by atoms with Crippen LogP contribution >= 0.6 is 36.4 Å². The minimum absolute atomic E-state index is 0. The predicted octanol–water partition coefficient (Wildman–Crippen LogP) is 4.44. The molecular weight excluding hydrogens is 447 g/mol. The van der Waals surface area contributed by atoms with E-state index in [1.807, 2.05) is 30.3 Å². The fourth-order valence-electron chi connectivity index (χ4n) is 3.41. The van der Waals surface area contributed by atoms with Crippen LogP contribution in [-0.2, 0) is 6.42 Å². The van der Waals surface area contributed by atoms with Crippen molar-refractivity contribution in [2.75, 3.05) is 60.1 Å². The summed E-state index contributed by atoms with van der Waals surface area (Å²) >= 11 is 6.13. The van der Waals surface area contributed by atoms with Crippen molar-refractivity contribution in [3.05, 3.63) is 53.1 Å². The highest BCUT2D eigenvalue weighted by Gasteiger charge is 2.17. The molecule has 5 nitrogen and oxygen atoms in total. The molecule has 2 aromatic carbocycles. The Hall–Kier alpha value is -1.37. The van der Waals surface area contributed by atoms with Gasteiger partial charge in [0.2, 0.25) is 0 Å². The SMILES string of the molecule is COc1ccc(CCN2CCN(CCOc3ccccc3Cl)CC2)cc1OC.Cl.Cl. The van der Waals surface area contributed by atoms with Crippen LogP contribution in [0.1, 0.15) is 5.56 Å².